The molecule has 1 aliphatic rings. The molecule has 0 radical (unpaired) electrons. The van der Waals surface area contributed by atoms with Crippen LogP contribution in [0.5, 0.6) is 0 Å². The summed E-state index contributed by atoms with van der Waals surface area (Å²) >= 11 is 0. The van der Waals surface area contributed by atoms with Gasteiger partial charge in [0.05, 0.1) is 23.4 Å². The van der Waals surface area contributed by atoms with E-state index in [0.29, 0.717) is 6.04 Å². The normalized spacial score (nSPS) is 14.1. The molecule has 0 unspecified atom stereocenters. The molecule has 4 rings (SSSR count). The van der Waals surface area contributed by atoms with E-state index in [2.05, 4.69) is 16.4 Å². The van der Waals surface area contributed by atoms with E-state index in [0.717, 1.165) is 52.0 Å². The van der Waals surface area contributed by atoms with Gasteiger partial charge in [0.2, 0.25) is 0 Å². The van der Waals surface area contributed by atoms with Crippen LogP contribution in [0.4, 0.5) is 0 Å². The van der Waals surface area contributed by atoms with Gasteiger partial charge in [-0.3, -0.25) is 9.20 Å². The fourth-order valence-corrected chi connectivity index (χ4v) is 3.60. The number of hydrogen-bond acceptors (Lipinski definition) is 3. The molecule has 28 heavy (non-hydrogen) atoms. The highest BCUT2D eigenvalue weighted by Gasteiger charge is 2.25. The molecule has 2 aromatic heterocycles. The molecule has 1 N–H and O–H groups in total. The minimum atomic E-state index is -0.558. The van der Waals surface area contributed by atoms with Crippen molar-refractivity contribution in [1.29, 1.82) is 5.26 Å². The predicted octanol–water partition coefficient (Wildman–Crippen LogP) is 4.31. The fraction of sp³-hybridized carbons (Fsp3) is 0.348. The van der Waals surface area contributed by atoms with Crippen molar-refractivity contribution in [2.24, 2.45) is 0 Å². The van der Waals surface area contributed by atoms with Gasteiger partial charge in [-0.25, -0.2) is 4.98 Å². The van der Waals surface area contributed by atoms with Crippen LogP contribution in [0.15, 0.2) is 36.7 Å². The van der Waals surface area contributed by atoms with E-state index in [4.69, 9.17) is 0 Å². The third-order valence-electron chi connectivity index (χ3n) is 5.48. The number of hydrogen-bond donors (Lipinski definition) is 1. The van der Waals surface area contributed by atoms with Crippen LogP contribution in [0.25, 0.3) is 16.9 Å². The van der Waals surface area contributed by atoms with E-state index in [9.17, 15) is 10.1 Å². The highest BCUT2D eigenvalue weighted by atomic mass is 16.1. The lowest BCUT2D eigenvalue weighted by Gasteiger charge is -2.16. The molecular formula is C23H24N4O. The van der Waals surface area contributed by atoms with E-state index in [-0.39, 0.29) is 5.91 Å². The summed E-state index contributed by atoms with van der Waals surface area (Å²) in [6.45, 7) is 7.77. The first-order chi connectivity index (χ1) is 13.3. The number of nitrogens with one attached hydrogen (secondary N) is 1. The Kier molecular flexibility index (Phi) is 4.23. The summed E-state index contributed by atoms with van der Waals surface area (Å²) in [6, 6.07) is 10.7. The van der Waals surface area contributed by atoms with Crippen molar-refractivity contribution in [1.82, 2.24) is 14.7 Å². The van der Waals surface area contributed by atoms with Gasteiger partial charge in [-0.2, -0.15) is 5.26 Å². The van der Waals surface area contributed by atoms with Crippen molar-refractivity contribution in [2.75, 3.05) is 0 Å². The van der Waals surface area contributed by atoms with Crippen LogP contribution in [0.2, 0.25) is 0 Å². The topological polar surface area (TPSA) is 70.2 Å². The van der Waals surface area contributed by atoms with Crippen LogP contribution in [-0.4, -0.2) is 21.3 Å². The van der Waals surface area contributed by atoms with Gasteiger partial charge in [0.25, 0.3) is 5.91 Å². The monoisotopic (exact) mass is 372 g/mol. The molecule has 1 amide bonds. The average molecular weight is 372 g/mol. The summed E-state index contributed by atoms with van der Waals surface area (Å²) in [5.74, 6) is 0.0190. The van der Waals surface area contributed by atoms with Gasteiger partial charge in [0.1, 0.15) is 5.65 Å². The predicted molar refractivity (Wildman–Crippen MR) is 109 cm³/mol. The van der Waals surface area contributed by atoms with Crippen LogP contribution in [0, 0.1) is 25.2 Å². The van der Waals surface area contributed by atoms with Crippen molar-refractivity contribution in [3.05, 3.63) is 58.9 Å². The smallest absolute Gasteiger partial charge is 0.252 e. The van der Waals surface area contributed by atoms with E-state index >= 15 is 0 Å². The molecule has 0 atom stereocenters. The maximum absolute atomic E-state index is 12.6. The molecule has 3 aromatic rings. The Morgan fingerprint density at radius 3 is 2.54 bits per heavy atom. The number of nitrogens with zero attached hydrogens (tertiary/aromatic N) is 3. The summed E-state index contributed by atoms with van der Waals surface area (Å²) in [7, 11) is 0. The molecule has 0 aliphatic heterocycles. The number of amides is 1. The van der Waals surface area contributed by atoms with E-state index in [1.165, 1.54) is 0 Å². The number of aryl methyl sites for hydroxylation is 2. The van der Waals surface area contributed by atoms with Gasteiger partial charge in [-0.1, -0.05) is 0 Å². The second-order valence-corrected chi connectivity index (χ2v) is 8.26. The minimum Gasteiger partial charge on any atom is -0.349 e. The van der Waals surface area contributed by atoms with Gasteiger partial charge in [0, 0.05) is 23.4 Å². The lowest BCUT2D eigenvalue weighted by atomic mass is 9.87. The van der Waals surface area contributed by atoms with Crippen LogP contribution >= 0.6 is 0 Å². The number of aromatic nitrogens is 2. The van der Waals surface area contributed by atoms with Crippen LogP contribution < -0.4 is 5.32 Å². The van der Waals surface area contributed by atoms with Crippen molar-refractivity contribution < 1.29 is 4.79 Å². The highest BCUT2D eigenvalue weighted by molar-refractivity contribution is 5.98. The zero-order valence-corrected chi connectivity index (χ0v) is 16.7. The molecule has 1 aromatic carbocycles. The number of fused-ring (bicyclic) bond motifs is 1. The zero-order valence-electron chi connectivity index (χ0n) is 16.7. The first-order valence-corrected chi connectivity index (χ1v) is 9.61. The molecule has 0 spiro atoms. The van der Waals surface area contributed by atoms with Crippen molar-refractivity contribution in [3.8, 4) is 17.3 Å². The molecule has 0 saturated heterocycles. The number of rotatable bonds is 4. The second-order valence-electron chi connectivity index (χ2n) is 8.26. The number of carbonyl (C=O) groups excluding carboxylic acids is 1. The van der Waals surface area contributed by atoms with E-state index < -0.39 is 5.41 Å². The quantitative estimate of drug-likeness (QED) is 0.742. The number of nitriles is 1. The van der Waals surface area contributed by atoms with Crippen LogP contribution in [0.1, 0.15) is 53.7 Å². The maximum Gasteiger partial charge on any atom is 0.252 e. The molecular weight excluding hydrogens is 348 g/mol. The maximum atomic E-state index is 12.6. The van der Waals surface area contributed by atoms with Crippen molar-refractivity contribution in [2.45, 2.75) is 52.0 Å². The molecule has 142 valence electrons. The molecule has 1 saturated carbocycles. The van der Waals surface area contributed by atoms with Gasteiger partial charge in [-0.15, -0.1) is 0 Å². The molecule has 1 aliphatic carbocycles. The first kappa shape index (κ1) is 18.2. The number of carbonyl (C=O) groups is 1. The Hall–Kier alpha value is -3.13. The van der Waals surface area contributed by atoms with Crippen molar-refractivity contribution >= 4 is 11.6 Å². The minimum absolute atomic E-state index is 0.0190. The van der Waals surface area contributed by atoms with Crippen LogP contribution in [0.3, 0.4) is 0 Å². The summed E-state index contributed by atoms with van der Waals surface area (Å²) in [4.78, 5) is 17.1. The summed E-state index contributed by atoms with van der Waals surface area (Å²) in [6.07, 6.45) is 5.96. The lowest BCUT2D eigenvalue weighted by Crippen LogP contribution is -2.26. The van der Waals surface area contributed by atoms with Crippen molar-refractivity contribution in [3.63, 3.8) is 0 Å². The number of imidazole rings is 1. The third-order valence-corrected chi connectivity index (χ3v) is 5.48. The Morgan fingerprint density at radius 2 is 1.93 bits per heavy atom. The average Bonchev–Trinajstić information content (AvgIpc) is 3.35. The Bertz CT molecular complexity index is 1110. The standard InChI is InChI=1S/C23H24N4O/c1-14-9-16(10-15(2)21(14)22(28)26-18-5-6-18)19-12-25-20-11-17(7-8-27(19)20)23(3,4)13-24/h7-12,18H,5-6H2,1-4H3,(H,26,28). The Morgan fingerprint density at radius 1 is 1.25 bits per heavy atom. The van der Waals surface area contributed by atoms with E-state index in [1.807, 2.05) is 68.8 Å². The van der Waals surface area contributed by atoms with Gasteiger partial charge >= 0.3 is 0 Å². The van der Waals surface area contributed by atoms with Crippen LogP contribution in [-0.2, 0) is 5.41 Å². The molecule has 5 nitrogen and oxygen atoms in total. The Labute approximate surface area is 165 Å². The lowest BCUT2D eigenvalue weighted by molar-refractivity contribution is 0.0950. The molecule has 5 heteroatoms. The third kappa shape index (κ3) is 3.16. The molecule has 2 heterocycles. The van der Waals surface area contributed by atoms with Gasteiger partial charge < -0.3 is 5.32 Å². The second kappa shape index (κ2) is 6.49. The first-order valence-electron chi connectivity index (χ1n) is 9.61. The fourth-order valence-electron chi connectivity index (χ4n) is 3.60. The largest absolute Gasteiger partial charge is 0.349 e. The van der Waals surface area contributed by atoms with Gasteiger partial charge in [0.15, 0.2) is 0 Å². The van der Waals surface area contributed by atoms with Gasteiger partial charge in [-0.05, 0) is 81.5 Å². The number of benzene rings is 1. The highest BCUT2D eigenvalue weighted by Crippen LogP contribution is 2.29. The zero-order chi connectivity index (χ0) is 20.1. The Balaban J connectivity index is 1.74. The SMILES string of the molecule is Cc1cc(-c2cnc3cc(C(C)(C)C#N)ccn23)cc(C)c1C(=O)NC1CC1. The number of pyridine rings is 1. The molecule has 0 bridgehead atoms. The summed E-state index contributed by atoms with van der Waals surface area (Å²) in [5.41, 5.74) is 5.88. The summed E-state index contributed by atoms with van der Waals surface area (Å²) < 4.78 is 2.02. The van der Waals surface area contributed by atoms with E-state index in [1.54, 1.807) is 0 Å². The summed E-state index contributed by atoms with van der Waals surface area (Å²) in [5, 5.41) is 12.5. The molecule has 1 fully saturated rings.